The number of amides is 1. The van der Waals surface area contributed by atoms with Crippen LogP contribution >= 0.6 is 0 Å². The van der Waals surface area contributed by atoms with E-state index in [4.69, 9.17) is 4.74 Å². The normalized spacial score (nSPS) is 14.6. The number of hydrogen-bond acceptors (Lipinski definition) is 5. The lowest BCUT2D eigenvalue weighted by atomic mass is 9.96. The molecule has 1 saturated heterocycles. The Labute approximate surface area is 195 Å². The number of halogens is 3. The van der Waals surface area contributed by atoms with Crippen molar-refractivity contribution in [2.45, 2.75) is 19.0 Å². The summed E-state index contributed by atoms with van der Waals surface area (Å²) in [6.07, 6.45) is -1.49. The fraction of sp³-hybridized carbons (Fsp3) is 0.320. The van der Waals surface area contributed by atoms with Crippen molar-refractivity contribution in [1.29, 1.82) is 0 Å². The number of nitrogens with one attached hydrogen (secondary N) is 1. The monoisotopic (exact) mass is 470 g/mol. The number of carbonyl (C=O) groups is 1. The zero-order valence-electron chi connectivity index (χ0n) is 18.5. The predicted molar refractivity (Wildman–Crippen MR) is 122 cm³/mol. The van der Waals surface area contributed by atoms with Crippen molar-refractivity contribution in [3.8, 4) is 17.0 Å². The molecule has 3 aromatic rings. The third-order valence-electron chi connectivity index (χ3n) is 5.74. The summed E-state index contributed by atoms with van der Waals surface area (Å²) in [5.74, 6) is 0.763. The SMILES string of the molecule is O=C(NCCOc1cccc(C(F)(F)F)c1)C1CCN(c2cc(-c3ccccc3)ncn2)CC1. The van der Waals surface area contributed by atoms with Gasteiger partial charge in [-0.1, -0.05) is 36.4 Å². The van der Waals surface area contributed by atoms with Crippen LogP contribution in [-0.2, 0) is 11.0 Å². The number of rotatable bonds is 7. The van der Waals surface area contributed by atoms with Gasteiger partial charge in [-0.3, -0.25) is 4.79 Å². The Morgan fingerprint density at radius 1 is 1.03 bits per heavy atom. The van der Waals surface area contributed by atoms with Gasteiger partial charge in [0.25, 0.3) is 0 Å². The van der Waals surface area contributed by atoms with E-state index < -0.39 is 11.7 Å². The maximum Gasteiger partial charge on any atom is 0.416 e. The van der Waals surface area contributed by atoms with Crippen LogP contribution in [0.4, 0.5) is 19.0 Å². The van der Waals surface area contributed by atoms with Crippen LogP contribution in [0.2, 0.25) is 0 Å². The molecule has 4 rings (SSSR count). The Morgan fingerprint density at radius 2 is 1.79 bits per heavy atom. The highest BCUT2D eigenvalue weighted by atomic mass is 19.4. The molecule has 0 radical (unpaired) electrons. The number of aromatic nitrogens is 2. The lowest BCUT2D eigenvalue weighted by Crippen LogP contribution is -2.41. The minimum Gasteiger partial charge on any atom is -0.492 e. The fourth-order valence-corrected chi connectivity index (χ4v) is 3.91. The number of ether oxygens (including phenoxy) is 1. The van der Waals surface area contributed by atoms with Gasteiger partial charge in [-0.15, -0.1) is 0 Å². The number of carbonyl (C=O) groups excluding carboxylic acids is 1. The standard InChI is InChI=1S/C25H25F3N4O2/c26-25(27,28)20-7-4-8-21(15-20)34-14-11-29-24(33)19-9-12-32(13-10-19)23-16-22(30-17-31-23)18-5-2-1-3-6-18/h1-8,15-17,19H,9-14H2,(H,29,33). The maximum atomic E-state index is 12.8. The van der Waals surface area contributed by atoms with E-state index in [-0.39, 0.29) is 30.7 Å². The zero-order valence-corrected chi connectivity index (χ0v) is 18.5. The van der Waals surface area contributed by atoms with Crippen LogP contribution < -0.4 is 15.0 Å². The molecule has 9 heteroatoms. The van der Waals surface area contributed by atoms with Gasteiger partial charge in [-0.2, -0.15) is 13.2 Å². The summed E-state index contributed by atoms with van der Waals surface area (Å²) in [6.45, 7) is 1.71. The van der Waals surface area contributed by atoms with Crippen LogP contribution in [-0.4, -0.2) is 42.1 Å². The zero-order chi connectivity index (χ0) is 24.0. The van der Waals surface area contributed by atoms with Gasteiger partial charge in [0.05, 0.1) is 17.8 Å². The summed E-state index contributed by atoms with van der Waals surface area (Å²) in [7, 11) is 0. The first-order chi connectivity index (χ1) is 16.4. The molecule has 0 atom stereocenters. The largest absolute Gasteiger partial charge is 0.492 e. The quantitative estimate of drug-likeness (QED) is 0.513. The molecule has 0 unspecified atom stereocenters. The molecule has 1 N–H and O–H groups in total. The van der Waals surface area contributed by atoms with Gasteiger partial charge in [0, 0.05) is 30.6 Å². The minimum absolute atomic E-state index is 0.0695. The molecule has 0 saturated carbocycles. The van der Waals surface area contributed by atoms with Crippen molar-refractivity contribution in [3.63, 3.8) is 0 Å². The molecule has 1 fully saturated rings. The van der Waals surface area contributed by atoms with Crippen molar-refractivity contribution < 1.29 is 22.7 Å². The Bertz CT molecular complexity index is 1100. The second-order valence-corrected chi connectivity index (χ2v) is 8.05. The average molecular weight is 470 g/mol. The topological polar surface area (TPSA) is 67.3 Å². The molecule has 1 amide bonds. The molecule has 2 heterocycles. The third-order valence-corrected chi connectivity index (χ3v) is 5.74. The van der Waals surface area contributed by atoms with Gasteiger partial charge in [0.15, 0.2) is 0 Å². The number of piperidine rings is 1. The number of alkyl halides is 3. The molecular weight excluding hydrogens is 445 g/mol. The number of benzene rings is 2. The van der Waals surface area contributed by atoms with Crippen LogP contribution in [0, 0.1) is 5.92 Å². The average Bonchev–Trinajstić information content (AvgIpc) is 2.87. The van der Waals surface area contributed by atoms with E-state index in [9.17, 15) is 18.0 Å². The Balaban J connectivity index is 1.22. The lowest BCUT2D eigenvalue weighted by Gasteiger charge is -2.32. The van der Waals surface area contributed by atoms with Crippen LogP contribution in [0.1, 0.15) is 18.4 Å². The van der Waals surface area contributed by atoms with Crippen molar-refractivity contribution >= 4 is 11.7 Å². The molecule has 1 aliphatic rings. The first kappa shape index (κ1) is 23.5. The van der Waals surface area contributed by atoms with Gasteiger partial charge < -0.3 is 15.0 Å². The van der Waals surface area contributed by atoms with Gasteiger partial charge in [-0.25, -0.2) is 9.97 Å². The van der Waals surface area contributed by atoms with E-state index in [0.29, 0.717) is 25.9 Å². The predicted octanol–water partition coefficient (Wildman–Crippen LogP) is 4.57. The summed E-state index contributed by atoms with van der Waals surface area (Å²) in [4.78, 5) is 23.4. The Kier molecular flexibility index (Phi) is 7.30. The van der Waals surface area contributed by atoms with E-state index >= 15 is 0 Å². The highest BCUT2D eigenvalue weighted by Gasteiger charge is 2.30. The van der Waals surface area contributed by atoms with Gasteiger partial charge >= 0.3 is 6.18 Å². The molecule has 1 aliphatic heterocycles. The third kappa shape index (κ3) is 6.03. The van der Waals surface area contributed by atoms with Crippen molar-refractivity contribution in [1.82, 2.24) is 15.3 Å². The fourth-order valence-electron chi connectivity index (χ4n) is 3.91. The van der Waals surface area contributed by atoms with E-state index in [1.807, 2.05) is 36.4 Å². The summed E-state index contributed by atoms with van der Waals surface area (Å²) in [5, 5.41) is 2.82. The molecule has 0 spiro atoms. The van der Waals surface area contributed by atoms with Crippen LogP contribution in [0.5, 0.6) is 5.75 Å². The molecule has 1 aromatic heterocycles. The highest BCUT2D eigenvalue weighted by Crippen LogP contribution is 2.31. The highest BCUT2D eigenvalue weighted by molar-refractivity contribution is 5.79. The summed E-state index contributed by atoms with van der Waals surface area (Å²) < 4.78 is 43.7. The minimum atomic E-state index is -4.42. The first-order valence-corrected chi connectivity index (χ1v) is 11.1. The van der Waals surface area contributed by atoms with Crippen LogP contribution in [0.25, 0.3) is 11.3 Å². The summed E-state index contributed by atoms with van der Waals surface area (Å²) in [5.41, 5.74) is 1.11. The first-order valence-electron chi connectivity index (χ1n) is 11.1. The summed E-state index contributed by atoms with van der Waals surface area (Å²) >= 11 is 0. The molecular formula is C25H25F3N4O2. The Hall–Kier alpha value is -3.62. The molecule has 34 heavy (non-hydrogen) atoms. The second kappa shape index (κ2) is 10.5. The second-order valence-electron chi connectivity index (χ2n) is 8.05. The lowest BCUT2D eigenvalue weighted by molar-refractivity contribution is -0.137. The van der Waals surface area contributed by atoms with E-state index in [1.54, 1.807) is 6.33 Å². The van der Waals surface area contributed by atoms with E-state index in [2.05, 4.69) is 20.2 Å². The number of hydrogen-bond donors (Lipinski definition) is 1. The van der Waals surface area contributed by atoms with Gasteiger partial charge in [-0.05, 0) is 31.0 Å². The van der Waals surface area contributed by atoms with Crippen molar-refractivity contribution in [2.24, 2.45) is 5.92 Å². The van der Waals surface area contributed by atoms with Crippen molar-refractivity contribution in [2.75, 3.05) is 31.1 Å². The van der Waals surface area contributed by atoms with E-state index in [1.165, 1.54) is 12.1 Å². The van der Waals surface area contributed by atoms with Crippen LogP contribution in [0.15, 0.2) is 67.0 Å². The van der Waals surface area contributed by atoms with E-state index in [0.717, 1.165) is 29.2 Å². The number of nitrogens with zero attached hydrogens (tertiary/aromatic N) is 3. The molecule has 6 nitrogen and oxygen atoms in total. The number of anilines is 1. The molecule has 0 bridgehead atoms. The smallest absolute Gasteiger partial charge is 0.416 e. The molecule has 2 aromatic carbocycles. The molecule has 178 valence electrons. The van der Waals surface area contributed by atoms with Crippen molar-refractivity contribution in [3.05, 3.63) is 72.6 Å². The Morgan fingerprint density at radius 3 is 2.53 bits per heavy atom. The van der Waals surface area contributed by atoms with Gasteiger partial charge in [0.1, 0.15) is 24.5 Å². The van der Waals surface area contributed by atoms with Gasteiger partial charge in [0.2, 0.25) is 5.91 Å². The maximum absolute atomic E-state index is 12.8. The summed E-state index contributed by atoms with van der Waals surface area (Å²) in [6, 6.07) is 16.5. The van der Waals surface area contributed by atoms with Crippen LogP contribution in [0.3, 0.4) is 0 Å². The molecule has 0 aliphatic carbocycles.